The van der Waals surface area contributed by atoms with Crippen molar-refractivity contribution in [3.8, 4) is 11.4 Å². The summed E-state index contributed by atoms with van der Waals surface area (Å²) < 4.78 is 7.88. The highest BCUT2D eigenvalue weighted by atomic mass is 79.9. The van der Waals surface area contributed by atoms with Crippen LogP contribution in [0.4, 0.5) is 0 Å². The third kappa shape index (κ3) is 5.83. The molecule has 0 aliphatic carbocycles. The van der Waals surface area contributed by atoms with Crippen LogP contribution in [0.5, 0.6) is 5.75 Å². The van der Waals surface area contributed by atoms with E-state index in [1.54, 1.807) is 41.0 Å². The molecule has 3 heterocycles. The van der Waals surface area contributed by atoms with E-state index in [1.165, 1.54) is 23.5 Å². The van der Waals surface area contributed by atoms with Gasteiger partial charge in [0.05, 0.1) is 40.9 Å². The Morgan fingerprint density at radius 2 is 1.83 bits per heavy atom. The van der Waals surface area contributed by atoms with Gasteiger partial charge in [0.2, 0.25) is 0 Å². The standard InChI is InChI=1S/C30H24BrClN4O3S2/c1-39-23-12-4-19(5-13-23)26-16-25(18-2-6-20(31)7-3-18)34-36(26)27(37)17-41-30-33-24-14-15-40-28(24)29(38)35(30)22-10-8-21(32)9-11-22/h2-13,26H,14-17H2,1H3. The monoisotopic (exact) mass is 666 g/mol. The molecule has 2 aliphatic rings. The Balaban J connectivity index is 1.31. The van der Waals surface area contributed by atoms with E-state index in [0.29, 0.717) is 27.2 Å². The summed E-state index contributed by atoms with van der Waals surface area (Å²) in [7, 11) is 1.63. The van der Waals surface area contributed by atoms with Crippen molar-refractivity contribution in [1.29, 1.82) is 0 Å². The average Bonchev–Trinajstić information content (AvgIpc) is 3.65. The van der Waals surface area contributed by atoms with Gasteiger partial charge < -0.3 is 4.74 Å². The molecule has 0 saturated heterocycles. The molecule has 1 unspecified atom stereocenters. The molecule has 0 fully saturated rings. The summed E-state index contributed by atoms with van der Waals surface area (Å²) in [5.74, 6) is 1.45. The highest BCUT2D eigenvalue weighted by molar-refractivity contribution is 9.10. The molecule has 208 valence electrons. The van der Waals surface area contributed by atoms with Crippen LogP contribution in [-0.4, -0.2) is 44.8 Å². The van der Waals surface area contributed by atoms with Gasteiger partial charge in [-0.2, -0.15) is 5.10 Å². The summed E-state index contributed by atoms with van der Waals surface area (Å²) >= 11 is 12.4. The number of carbonyl (C=O) groups excluding carboxylic acids is 1. The van der Waals surface area contributed by atoms with Crippen molar-refractivity contribution < 1.29 is 9.53 Å². The minimum Gasteiger partial charge on any atom is -0.497 e. The van der Waals surface area contributed by atoms with E-state index in [9.17, 15) is 9.59 Å². The zero-order valence-corrected chi connectivity index (χ0v) is 25.9. The minimum absolute atomic E-state index is 0.0652. The van der Waals surface area contributed by atoms with Crippen LogP contribution in [0.25, 0.3) is 5.69 Å². The lowest BCUT2D eigenvalue weighted by molar-refractivity contribution is -0.130. The fourth-order valence-electron chi connectivity index (χ4n) is 4.84. The number of hydrogen-bond acceptors (Lipinski definition) is 7. The van der Waals surface area contributed by atoms with Gasteiger partial charge in [-0.25, -0.2) is 9.99 Å². The average molecular weight is 668 g/mol. The number of fused-ring (bicyclic) bond motifs is 1. The smallest absolute Gasteiger partial charge is 0.272 e. The van der Waals surface area contributed by atoms with Crippen LogP contribution in [0, 0.1) is 0 Å². The largest absolute Gasteiger partial charge is 0.497 e. The predicted molar refractivity (Wildman–Crippen MR) is 168 cm³/mol. The van der Waals surface area contributed by atoms with Gasteiger partial charge in [-0.1, -0.05) is 63.6 Å². The Hall–Kier alpha value is -3.05. The third-order valence-electron chi connectivity index (χ3n) is 6.92. The molecule has 1 atom stereocenters. The lowest BCUT2D eigenvalue weighted by Gasteiger charge is -2.22. The van der Waals surface area contributed by atoms with E-state index >= 15 is 0 Å². The van der Waals surface area contributed by atoms with E-state index in [2.05, 4.69) is 15.9 Å². The molecular formula is C30H24BrClN4O3S2. The molecule has 3 aromatic carbocycles. The number of amides is 1. The number of nitrogens with zero attached hydrogens (tertiary/aromatic N) is 4. The summed E-state index contributed by atoms with van der Waals surface area (Å²) in [6.45, 7) is 0. The number of aryl methyl sites for hydroxylation is 1. The van der Waals surface area contributed by atoms with Gasteiger partial charge in [-0.3, -0.25) is 14.2 Å². The SMILES string of the molecule is COc1ccc(C2CC(c3ccc(Br)cc3)=NN2C(=O)CSc2nc3c(c(=O)n2-c2ccc(Cl)cc2)SCC3)cc1. The number of rotatable bonds is 7. The van der Waals surface area contributed by atoms with Crippen molar-refractivity contribution in [2.24, 2.45) is 5.10 Å². The number of methoxy groups -OCH3 is 1. The van der Waals surface area contributed by atoms with E-state index in [-0.39, 0.29) is 23.3 Å². The van der Waals surface area contributed by atoms with Crippen LogP contribution in [0.2, 0.25) is 5.02 Å². The Morgan fingerprint density at radius 3 is 2.54 bits per heavy atom. The quantitative estimate of drug-likeness (QED) is 0.160. The van der Waals surface area contributed by atoms with Crippen LogP contribution in [-0.2, 0) is 11.2 Å². The Labute approximate surface area is 259 Å². The first-order valence-electron chi connectivity index (χ1n) is 12.9. The molecule has 0 radical (unpaired) electrons. The maximum Gasteiger partial charge on any atom is 0.272 e. The molecule has 11 heteroatoms. The van der Waals surface area contributed by atoms with Crippen LogP contribution >= 0.6 is 51.1 Å². The van der Waals surface area contributed by atoms with Crippen LogP contribution in [0.15, 0.2) is 97.2 Å². The molecule has 2 aliphatic heterocycles. The lowest BCUT2D eigenvalue weighted by atomic mass is 9.98. The van der Waals surface area contributed by atoms with Crippen LogP contribution in [0.1, 0.15) is 29.3 Å². The maximum absolute atomic E-state index is 13.8. The summed E-state index contributed by atoms with van der Waals surface area (Å²) in [5, 5.41) is 7.42. The summed E-state index contributed by atoms with van der Waals surface area (Å²) in [6, 6.07) is 22.4. The van der Waals surface area contributed by atoms with E-state index < -0.39 is 0 Å². The predicted octanol–water partition coefficient (Wildman–Crippen LogP) is 6.78. The Morgan fingerprint density at radius 1 is 1.10 bits per heavy atom. The lowest BCUT2D eigenvalue weighted by Crippen LogP contribution is -2.29. The van der Waals surface area contributed by atoms with Crippen LogP contribution < -0.4 is 10.3 Å². The topological polar surface area (TPSA) is 76.8 Å². The van der Waals surface area contributed by atoms with Gasteiger partial charge in [-0.15, -0.1) is 11.8 Å². The van der Waals surface area contributed by atoms with Crippen LogP contribution in [0.3, 0.4) is 0 Å². The van der Waals surface area contributed by atoms with Gasteiger partial charge in [0.1, 0.15) is 5.75 Å². The number of ether oxygens (including phenoxy) is 1. The summed E-state index contributed by atoms with van der Waals surface area (Å²) in [4.78, 5) is 32.8. The molecule has 1 aromatic heterocycles. The molecule has 4 aromatic rings. The highest BCUT2D eigenvalue weighted by Crippen LogP contribution is 2.35. The Bertz CT molecular complexity index is 1690. The number of hydrazone groups is 1. The molecular weight excluding hydrogens is 644 g/mol. The third-order valence-corrected chi connectivity index (χ3v) is 9.73. The fourth-order valence-corrected chi connectivity index (χ4v) is 7.14. The molecule has 6 rings (SSSR count). The van der Waals surface area contributed by atoms with Crippen molar-refractivity contribution >= 4 is 62.7 Å². The van der Waals surface area contributed by atoms with E-state index in [0.717, 1.165) is 44.9 Å². The molecule has 1 amide bonds. The van der Waals surface area contributed by atoms with Gasteiger partial charge in [0, 0.05) is 28.1 Å². The molecule has 7 nitrogen and oxygen atoms in total. The first-order chi connectivity index (χ1) is 19.9. The number of benzene rings is 3. The molecule has 0 spiro atoms. The summed E-state index contributed by atoms with van der Waals surface area (Å²) in [6.07, 6.45) is 1.30. The van der Waals surface area contributed by atoms with Crippen molar-refractivity contribution in [2.75, 3.05) is 18.6 Å². The number of halogens is 2. The minimum atomic E-state index is -0.268. The summed E-state index contributed by atoms with van der Waals surface area (Å²) in [5.41, 5.74) is 4.08. The number of aromatic nitrogens is 2. The normalized spacial score (nSPS) is 16.0. The second-order valence-electron chi connectivity index (χ2n) is 9.46. The Kier molecular flexibility index (Phi) is 8.26. The van der Waals surface area contributed by atoms with Gasteiger partial charge >= 0.3 is 0 Å². The van der Waals surface area contributed by atoms with Crippen molar-refractivity contribution in [1.82, 2.24) is 14.6 Å². The van der Waals surface area contributed by atoms with Gasteiger partial charge in [0.15, 0.2) is 5.16 Å². The second-order valence-corrected chi connectivity index (χ2v) is 12.9. The first kappa shape index (κ1) is 28.1. The number of thioether (sulfide) groups is 2. The molecule has 0 N–H and O–H groups in total. The fraction of sp³-hybridized carbons (Fsp3) is 0.200. The van der Waals surface area contributed by atoms with E-state index in [1.807, 2.05) is 48.5 Å². The van der Waals surface area contributed by atoms with Gasteiger partial charge in [-0.05, 0) is 59.7 Å². The maximum atomic E-state index is 13.8. The van der Waals surface area contributed by atoms with Crippen molar-refractivity contribution in [3.63, 3.8) is 0 Å². The first-order valence-corrected chi connectivity index (χ1v) is 16.0. The van der Waals surface area contributed by atoms with Crippen molar-refractivity contribution in [3.05, 3.63) is 109 Å². The van der Waals surface area contributed by atoms with Gasteiger partial charge in [0.25, 0.3) is 11.5 Å². The van der Waals surface area contributed by atoms with E-state index in [4.69, 9.17) is 26.4 Å². The molecule has 41 heavy (non-hydrogen) atoms. The number of hydrogen-bond donors (Lipinski definition) is 0. The zero-order chi connectivity index (χ0) is 28.5. The van der Waals surface area contributed by atoms with Crippen molar-refractivity contribution in [2.45, 2.75) is 28.9 Å². The molecule has 0 saturated carbocycles. The number of carbonyl (C=O) groups is 1. The second kappa shape index (κ2) is 12.1. The molecule has 0 bridgehead atoms. The highest BCUT2D eigenvalue weighted by Gasteiger charge is 2.33. The zero-order valence-electron chi connectivity index (χ0n) is 21.9.